The molecule has 1 atom stereocenters. The Morgan fingerprint density at radius 3 is 2.45 bits per heavy atom. The Morgan fingerprint density at radius 1 is 1.11 bits per heavy atom. The normalized spacial score (nSPS) is 15.0. The number of carbonyl (C=O) groups excluding carboxylic acids is 3. The van der Waals surface area contributed by atoms with Gasteiger partial charge < -0.3 is 29.6 Å². The van der Waals surface area contributed by atoms with Crippen molar-refractivity contribution in [2.45, 2.75) is 19.9 Å². The molecule has 3 amide bonds. The van der Waals surface area contributed by atoms with Crippen molar-refractivity contribution in [3.63, 3.8) is 0 Å². The third-order valence-corrected chi connectivity index (χ3v) is 6.45. The summed E-state index contributed by atoms with van der Waals surface area (Å²) in [6.45, 7) is 3.18. The minimum atomic E-state index is -0.763. The molecule has 0 bridgehead atoms. The zero-order chi connectivity index (χ0) is 27.8. The number of benzene rings is 2. The lowest BCUT2D eigenvalue weighted by molar-refractivity contribution is -0.139. The monoisotopic (exact) mass is 652 g/mol. The van der Waals surface area contributed by atoms with E-state index < -0.39 is 23.9 Å². The van der Waals surface area contributed by atoms with Crippen molar-refractivity contribution in [1.82, 2.24) is 16.1 Å². The van der Waals surface area contributed by atoms with Gasteiger partial charge in [0.15, 0.2) is 18.1 Å². The number of amides is 3. The number of hydrogen-bond acceptors (Lipinski definition) is 8. The Kier molecular flexibility index (Phi) is 10.1. The topological polar surface area (TPSA) is 137 Å². The van der Waals surface area contributed by atoms with Crippen LogP contribution in [0.4, 0.5) is 4.79 Å². The average Bonchev–Trinajstić information content (AvgIpc) is 2.86. The van der Waals surface area contributed by atoms with E-state index in [1.807, 2.05) is 0 Å². The number of methoxy groups -OCH3 is 2. The lowest BCUT2D eigenvalue weighted by Crippen LogP contribution is -2.45. The van der Waals surface area contributed by atoms with Gasteiger partial charge in [0.25, 0.3) is 5.91 Å². The molecule has 3 N–H and O–H groups in total. The Bertz CT molecular complexity index is 1270. The van der Waals surface area contributed by atoms with Gasteiger partial charge in [-0.2, -0.15) is 5.10 Å². The van der Waals surface area contributed by atoms with Crippen LogP contribution in [0.15, 0.2) is 55.6 Å². The number of carbonyl (C=O) groups is 3. The van der Waals surface area contributed by atoms with Crippen LogP contribution in [0.5, 0.6) is 17.2 Å². The van der Waals surface area contributed by atoms with Crippen molar-refractivity contribution in [1.29, 1.82) is 0 Å². The van der Waals surface area contributed by atoms with Crippen LogP contribution in [0.3, 0.4) is 0 Å². The Labute approximate surface area is 236 Å². The SMILES string of the molecule is CCOC(=O)C1=C(C)NC(=O)N[C@H]1c1ccc(OCC(=O)N/N=C\c2cc(Br)c(OC)c(Br)c2)c(OC)c1. The summed E-state index contributed by atoms with van der Waals surface area (Å²) in [5.41, 5.74) is 4.35. The fourth-order valence-electron chi connectivity index (χ4n) is 3.61. The molecule has 1 aliphatic heterocycles. The summed E-state index contributed by atoms with van der Waals surface area (Å²) in [6.07, 6.45) is 1.48. The predicted molar refractivity (Wildman–Crippen MR) is 146 cm³/mol. The van der Waals surface area contributed by atoms with Crippen molar-refractivity contribution in [2.24, 2.45) is 5.10 Å². The fraction of sp³-hybridized carbons (Fsp3) is 0.280. The van der Waals surface area contributed by atoms with E-state index in [1.54, 1.807) is 51.3 Å². The zero-order valence-electron chi connectivity index (χ0n) is 21.0. The van der Waals surface area contributed by atoms with Gasteiger partial charge in [0, 0.05) is 5.70 Å². The quantitative estimate of drug-likeness (QED) is 0.201. The summed E-state index contributed by atoms with van der Waals surface area (Å²) < 4.78 is 22.9. The first-order chi connectivity index (χ1) is 18.2. The van der Waals surface area contributed by atoms with E-state index in [1.165, 1.54) is 13.3 Å². The largest absolute Gasteiger partial charge is 0.494 e. The average molecular weight is 654 g/mol. The smallest absolute Gasteiger partial charge is 0.338 e. The molecule has 11 nitrogen and oxygen atoms in total. The van der Waals surface area contributed by atoms with E-state index in [-0.39, 0.29) is 24.5 Å². The van der Waals surface area contributed by atoms with Crippen LogP contribution in [0.2, 0.25) is 0 Å². The number of allylic oxidation sites excluding steroid dienone is 1. The van der Waals surface area contributed by atoms with Gasteiger partial charge in [0.1, 0.15) is 5.75 Å². The molecule has 2 aromatic rings. The van der Waals surface area contributed by atoms with E-state index in [0.29, 0.717) is 22.8 Å². The number of ether oxygens (including phenoxy) is 4. The first-order valence-corrected chi connectivity index (χ1v) is 12.9. The van der Waals surface area contributed by atoms with E-state index in [0.717, 1.165) is 14.5 Å². The van der Waals surface area contributed by atoms with Crippen LogP contribution in [0.1, 0.15) is 31.0 Å². The fourth-order valence-corrected chi connectivity index (χ4v) is 5.16. The number of nitrogens with one attached hydrogen (secondary N) is 3. The predicted octanol–water partition coefficient (Wildman–Crippen LogP) is 3.95. The van der Waals surface area contributed by atoms with Crippen LogP contribution < -0.4 is 30.3 Å². The van der Waals surface area contributed by atoms with Gasteiger partial charge in [0.2, 0.25) is 0 Å². The van der Waals surface area contributed by atoms with Gasteiger partial charge in [-0.05, 0) is 81.1 Å². The van der Waals surface area contributed by atoms with E-state index in [2.05, 4.69) is 53.0 Å². The Morgan fingerprint density at radius 2 is 1.82 bits per heavy atom. The molecular formula is C25H26Br2N4O7. The molecule has 0 aliphatic carbocycles. The van der Waals surface area contributed by atoms with Gasteiger partial charge in [-0.1, -0.05) is 6.07 Å². The lowest BCUT2D eigenvalue weighted by atomic mass is 9.95. The van der Waals surface area contributed by atoms with Crippen molar-refractivity contribution in [3.05, 3.63) is 61.7 Å². The van der Waals surface area contributed by atoms with Crippen molar-refractivity contribution in [2.75, 3.05) is 27.4 Å². The summed E-state index contributed by atoms with van der Waals surface area (Å²) in [6, 6.07) is 7.23. The number of urea groups is 1. The van der Waals surface area contributed by atoms with Gasteiger partial charge in [0.05, 0.1) is 47.6 Å². The first kappa shape index (κ1) is 29.0. The molecule has 202 valence electrons. The first-order valence-electron chi connectivity index (χ1n) is 11.3. The van der Waals surface area contributed by atoms with Crippen LogP contribution in [0.25, 0.3) is 0 Å². The second kappa shape index (κ2) is 13.3. The molecule has 0 fully saturated rings. The Hall–Kier alpha value is -3.58. The summed E-state index contributed by atoms with van der Waals surface area (Å²) in [4.78, 5) is 36.9. The molecule has 2 aromatic carbocycles. The highest BCUT2D eigenvalue weighted by atomic mass is 79.9. The lowest BCUT2D eigenvalue weighted by Gasteiger charge is -2.28. The van der Waals surface area contributed by atoms with Gasteiger partial charge in [-0.3, -0.25) is 4.79 Å². The number of esters is 1. The Balaban J connectivity index is 1.68. The molecule has 1 aliphatic rings. The number of rotatable bonds is 10. The molecule has 3 rings (SSSR count). The summed E-state index contributed by atoms with van der Waals surface area (Å²) in [5, 5.41) is 9.26. The molecule has 0 spiro atoms. The molecule has 0 aromatic heterocycles. The number of halogens is 2. The third kappa shape index (κ3) is 7.04. The third-order valence-electron chi connectivity index (χ3n) is 5.27. The van der Waals surface area contributed by atoms with Crippen LogP contribution in [-0.2, 0) is 14.3 Å². The highest BCUT2D eigenvalue weighted by Gasteiger charge is 2.32. The zero-order valence-corrected chi connectivity index (χ0v) is 24.2. The molecule has 0 saturated carbocycles. The van der Waals surface area contributed by atoms with Crippen LogP contribution in [0, 0.1) is 0 Å². The maximum atomic E-state index is 12.5. The summed E-state index contributed by atoms with van der Waals surface area (Å²) in [5.74, 6) is 0.198. The highest BCUT2D eigenvalue weighted by Crippen LogP contribution is 2.35. The second-order valence-electron chi connectivity index (χ2n) is 7.80. The number of hydrogen-bond donors (Lipinski definition) is 3. The van der Waals surface area contributed by atoms with Crippen molar-refractivity contribution >= 4 is 56.0 Å². The molecule has 0 saturated heterocycles. The molecule has 0 radical (unpaired) electrons. The molecule has 0 unspecified atom stereocenters. The maximum Gasteiger partial charge on any atom is 0.338 e. The minimum Gasteiger partial charge on any atom is -0.494 e. The van der Waals surface area contributed by atoms with E-state index >= 15 is 0 Å². The summed E-state index contributed by atoms with van der Waals surface area (Å²) in [7, 11) is 3.00. The van der Waals surface area contributed by atoms with Gasteiger partial charge in [-0.15, -0.1) is 0 Å². The van der Waals surface area contributed by atoms with Crippen LogP contribution in [-0.4, -0.2) is 51.6 Å². The minimum absolute atomic E-state index is 0.188. The van der Waals surface area contributed by atoms with E-state index in [4.69, 9.17) is 18.9 Å². The van der Waals surface area contributed by atoms with E-state index in [9.17, 15) is 14.4 Å². The van der Waals surface area contributed by atoms with Gasteiger partial charge >= 0.3 is 12.0 Å². The molecule has 13 heteroatoms. The summed E-state index contributed by atoms with van der Waals surface area (Å²) >= 11 is 6.82. The maximum absolute atomic E-state index is 12.5. The number of nitrogens with zero attached hydrogens (tertiary/aromatic N) is 1. The van der Waals surface area contributed by atoms with Crippen molar-refractivity contribution < 1.29 is 33.3 Å². The molecule has 38 heavy (non-hydrogen) atoms. The van der Waals surface area contributed by atoms with Crippen molar-refractivity contribution in [3.8, 4) is 17.2 Å². The van der Waals surface area contributed by atoms with Gasteiger partial charge in [-0.25, -0.2) is 15.0 Å². The molecule has 1 heterocycles. The second-order valence-corrected chi connectivity index (χ2v) is 9.51. The highest BCUT2D eigenvalue weighted by molar-refractivity contribution is 9.11. The number of hydrazone groups is 1. The van der Waals surface area contributed by atoms with Crippen LogP contribution >= 0.6 is 31.9 Å². The molecular weight excluding hydrogens is 628 g/mol. The standard InChI is InChI=1S/C25H26Br2N4O7/c1-5-37-24(33)21-13(2)29-25(34)30-22(21)15-6-7-18(19(10-15)35-3)38-12-20(32)31-28-11-14-8-16(26)23(36-4)17(27)9-14/h6-11,22H,5,12H2,1-4H3,(H,31,32)(H2,29,30,34)/b28-11-/t22-/m0/s1.